The zero-order valence-corrected chi connectivity index (χ0v) is 18.8. The van der Waals surface area contributed by atoms with Gasteiger partial charge >= 0.3 is 0 Å². The number of nitrogens with zero attached hydrogens (tertiary/aromatic N) is 1. The summed E-state index contributed by atoms with van der Waals surface area (Å²) < 4.78 is 26.5. The van der Waals surface area contributed by atoms with Crippen LogP contribution in [0.4, 0.5) is 5.69 Å². The van der Waals surface area contributed by atoms with E-state index in [2.05, 4.69) is 17.4 Å². The lowest BCUT2D eigenvalue weighted by atomic mass is 10.1. The highest BCUT2D eigenvalue weighted by atomic mass is 32.2. The molecule has 2 atom stereocenters. The van der Waals surface area contributed by atoms with Crippen LogP contribution in [0.1, 0.15) is 43.4 Å². The lowest BCUT2D eigenvalue weighted by Crippen LogP contribution is -2.51. The third-order valence-electron chi connectivity index (χ3n) is 4.89. The van der Waals surface area contributed by atoms with Crippen molar-refractivity contribution in [3.63, 3.8) is 0 Å². The highest BCUT2D eigenvalue weighted by Gasteiger charge is 2.32. The second-order valence-electron chi connectivity index (χ2n) is 7.76. The number of rotatable bonds is 9. The van der Waals surface area contributed by atoms with Crippen LogP contribution >= 0.6 is 0 Å². The van der Waals surface area contributed by atoms with Gasteiger partial charge in [0.05, 0.1) is 11.9 Å². The van der Waals surface area contributed by atoms with Gasteiger partial charge in [-0.2, -0.15) is 0 Å². The molecule has 6 heteroatoms. The Hall–Kier alpha value is -2.34. The number of sulfonamides is 1. The van der Waals surface area contributed by atoms with Crippen molar-refractivity contribution in [1.82, 2.24) is 5.32 Å². The van der Waals surface area contributed by atoms with Crippen LogP contribution in [0.25, 0.3) is 0 Å². The van der Waals surface area contributed by atoms with Crippen LogP contribution in [0.15, 0.2) is 48.5 Å². The minimum Gasteiger partial charge on any atom is -0.352 e. The van der Waals surface area contributed by atoms with Crippen molar-refractivity contribution >= 4 is 21.6 Å². The Labute approximate surface area is 175 Å². The molecule has 0 spiro atoms. The van der Waals surface area contributed by atoms with Crippen LogP contribution in [-0.4, -0.2) is 32.7 Å². The van der Waals surface area contributed by atoms with Gasteiger partial charge in [-0.15, -0.1) is 0 Å². The summed E-state index contributed by atoms with van der Waals surface area (Å²) in [6.45, 7) is 7.63. The molecule has 0 aromatic heterocycles. The maximum absolute atomic E-state index is 13.0. The molecule has 2 aromatic carbocycles. The molecule has 2 rings (SSSR count). The monoisotopic (exact) mass is 416 g/mol. The maximum Gasteiger partial charge on any atom is 0.244 e. The van der Waals surface area contributed by atoms with Gasteiger partial charge in [0.1, 0.15) is 6.04 Å². The number of aryl methyl sites for hydroxylation is 3. The molecule has 1 N–H and O–H groups in total. The Morgan fingerprint density at radius 3 is 2.17 bits per heavy atom. The van der Waals surface area contributed by atoms with Crippen molar-refractivity contribution < 1.29 is 13.2 Å². The Bertz CT molecular complexity index is 906. The largest absolute Gasteiger partial charge is 0.352 e. The highest BCUT2D eigenvalue weighted by Crippen LogP contribution is 2.25. The number of hydrogen-bond acceptors (Lipinski definition) is 3. The molecule has 0 aliphatic heterocycles. The van der Waals surface area contributed by atoms with Crippen LogP contribution in [0.5, 0.6) is 0 Å². The molecule has 0 heterocycles. The van der Waals surface area contributed by atoms with Gasteiger partial charge in [0.2, 0.25) is 15.9 Å². The maximum atomic E-state index is 13.0. The summed E-state index contributed by atoms with van der Waals surface area (Å²) in [7, 11) is -3.63. The van der Waals surface area contributed by atoms with Gasteiger partial charge in [-0.1, -0.05) is 43.3 Å². The molecular weight excluding hydrogens is 384 g/mol. The predicted molar refractivity (Wildman–Crippen MR) is 120 cm³/mol. The molecule has 0 fully saturated rings. The molecule has 0 aliphatic rings. The molecule has 0 saturated heterocycles. The van der Waals surface area contributed by atoms with Crippen molar-refractivity contribution in [1.29, 1.82) is 0 Å². The Morgan fingerprint density at radius 2 is 1.66 bits per heavy atom. The molecule has 0 bridgehead atoms. The Morgan fingerprint density at radius 1 is 1.07 bits per heavy atom. The van der Waals surface area contributed by atoms with E-state index in [-0.39, 0.29) is 11.9 Å². The number of nitrogens with one attached hydrogen (secondary N) is 1. The average molecular weight is 417 g/mol. The Balaban J connectivity index is 2.17. The summed E-state index contributed by atoms with van der Waals surface area (Å²) in [6, 6.07) is 14.9. The van der Waals surface area contributed by atoms with E-state index >= 15 is 0 Å². The molecule has 2 aromatic rings. The van der Waals surface area contributed by atoms with Crippen LogP contribution in [-0.2, 0) is 21.2 Å². The summed E-state index contributed by atoms with van der Waals surface area (Å²) >= 11 is 0. The normalized spacial score (nSPS) is 13.6. The van der Waals surface area contributed by atoms with Crippen molar-refractivity contribution in [3.05, 3.63) is 65.2 Å². The minimum absolute atomic E-state index is 0.0580. The topological polar surface area (TPSA) is 66.5 Å². The fourth-order valence-electron chi connectivity index (χ4n) is 3.58. The molecule has 158 valence electrons. The number of carbonyl (C=O) groups excluding carboxylic acids is 1. The van der Waals surface area contributed by atoms with Crippen LogP contribution in [0.2, 0.25) is 0 Å². The molecule has 0 unspecified atom stereocenters. The van der Waals surface area contributed by atoms with E-state index in [1.165, 1.54) is 9.87 Å². The third kappa shape index (κ3) is 6.60. The summed E-state index contributed by atoms with van der Waals surface area (Å²) in [5.74, 6) is -0.266. The molecule has 29 heavy (non-hydrogen) atoms. The van der Waals surface area contributed by atoms with Gasteiger partial charge in [0.15, 0.2) is 0 Å². The number of hydrogen-bond donors (Lipinski definition) is 1. The first-order valence-electron chi connectivity index (χ1n) is 10.0. The zero-order valence-electron chi connectivity index (χ0n) is 18.0. The van der Waals surface area contributed by atoms with Crippen LogP contribution in [0, 0.1) is 13.8 Å². The quantitative estimate of drug-likeness (QED) is 0.672. The third-order valence-corrected chi connectivity index (χ3v) is 6.07. The van der Waals surface area contributed by atoms with Crippen molar-refractivity contribution in [3.8, 4) is 0 Å². The van der Waals surface area contributed by atoms with E-state index < -0.39 is 16.1 Å². The number of anilines is 1. The van der Waals surface area contributed by atoms with Gasteiger partial charge in [-0.3, -0.25) is 9.10 Å². The van der Waals surface area contributed by atoms with E-state index in [9.17, 15) is 13.2 Å². The van der Waals surface area contributed by atoms with E-state index in [1.807, 2.05) is 64.1 Å². The summed E-state index contributed by atoms with van der Waals surface area (Å²) in [6.07, 6.45) is 3.18. The molecule has 0 radical (unpaired) electrons. The van der Waals surface area contributed by atoms with Crippen LogP contribution in [0.3, 0.4) is 0 Å². The van der Waals surface area contributed by atoms with E-state index in [1.54, 1.807) is 0 Å². The number of amides is 1. The number of carbonyl (C=O) groups is 1. The fourth-order valence-corrected chi connectivity index (χ4v) is 4.77. The predicted octanol–water partition coefficient (Wildman–Crippen LogP) is 3.99. The number of benzene rings is 2. The van der Waals surface area contributed by atoms with Gasteiger partial charge in [-0.05, 0) is 68.9 Å². The van der Waals surface area contributed by atoms with E-state index in [0.29, 0.717) is 12.1 Å². The molecule has 1 amide bonds. The zero-order chi connectivity index (χ0) is 21.6. The van der Waals surface area contributed by atoms with Crippen molar-refractivity contribution in [2.45, 2.75) is 59.0 Å². The van der Waals surface area contributed by atoms with Gasteiger partial charge in [-0.25, -0.2) is 8.42 Å². The SMILES string of the molecule is CC[C@@H](C(=O)N[C@@H](C)CCc1ccccc1)N(c1cc(C)cc(C)c1)S(C)(=O)=O. The first-order valence-corrected chi connectivity index (χ1v) is 11.9. The van der Waals surface area contributed by atoms with Crippen molar-refractivity contribution in [2.24, 2.45) is 0 Å². The lowest BCUT2D eigenvalue weighted by molar-refractivity contribution is -0.122. The second-order valence-corrected chi connectivity index (χ2v) is 9.62. The molecule has 0 saturated carbocycles. The first kappa shape index (κ1) is 22.9. The lowest BCUT2D eigenvalue weighted by Gasteiger charge is -2.31. The van der Waals surface area contributed by atoms with Crippen LogP contribution < -0.4 is 9.62 Å². The molecular formula is C23H32N2O3S. The fraction of sp³-hybridized carbons (Fsp3) is 0.435. The minimum atomic E-state index is -3.63. The van der Waals surface area contributed by atoms with Gasteiger partial charge in [0.25, 0.3) is 0 Å². The second kappa shape index (κ2) is 9.92. The van der Waals surface area contributed by atoms with Crippen molar-refractivity contribution in [2.75, 3.05) is 10.6 Å². The van der Waals surface area contributed by atoms with E-state index in [4.69, 9.17) is 0 Å². The molecule has 0 aliphatic carbocycles. The molecule has 5 nitrogen and oxygen atoms in total. The first-order chi connectivity index (χ1) is 13.6. The summed E-state index contributed by atoms with van der Waals surface area (Å²) in [4.78, 5) is 13.0. The summed E-state index contributed by atoms with van der Waals surface area (Å²) in [5, 5.41) is 3.01. The van der Waals surface area contributed by atoms with Gasteiger partial charge < -0.3 is 5.32 Å². The summed E-state index contributed by atoms with van der Waals surface area (Å²) in [5.41, 5.74) is 3.66. The van der Waals surface area contributed by atoms with E-state index in [0.717, 1.165) is 30.2 Å². The standard InChI is InChI=1S/C23H32N2O3S/c1-6-22(23(26)24-19(4)12-13-20-10-8-7-9-11-20)25(29(5,27)28)21-15-17(2)14-18(3)16-21/h7-11,14-16,19,22H,6,12-13H2,1-5H3,(H,24,26)/t19-,22-/m0/s1. The smallest absolute Gasteiger partial charge is 0.244 e. The average Bonchev–Trinajstić information content (AvgIpc) is 2.63. The highest BCUT2D eigenvalue weighted by molar-refractivity contribution is 7.92. The van der Waals surface area contributed by atoms with Gasteiger partial charge in [0, 0.05) is 6.04 Å². The Kier molecular flexibility index (Phi) is 7.85.